The first-order chi connectivity index (χ1) is 7.63. The number of hydrogen-bond donors (Lipinski definition) is 1. The topological polar surface area (TPSA) is 49.6 Å². The van der Waals surface area contributed by atoms with Gasteiger partial charge in [0.05, 0.1) is 0 Å². The fourth-order valence-electron chi connectivity index (χ4n) is 2.30. The second-order valence-electron chi connectivity index (χ2n) is 4.67. The molecule has 0 aromatic carbocycles. The average molecular weight is 227 g/mol. The van der Waals surface area contributed by atoms with Gasteiger partial charge in [-0.25, -0.2) is 0 Å². The lowest BCUT2D eigenvalue weighted by atomic mass is 10.0. The average Bonchev–Trinajstić information content (AvgIpc) is 2.31. The van der Waals surface area contributed by atoms with Crippen LogP contribution in [0.25, 0.3) is 0 Å². The second kappa shape index (κ2) is 6.21. The van der Waals surface area contributed by atoms with E-state index in [1.54, 1.807) is 0 Å². The van der Waals surface area contributed by atoms with Gasteiger partial charge in [0.15, 0.2) is 0 Å². The molecule has 0 saturated carbocycles. The van der Waals surface area contributed by atoms with E-state index >= 15 is 0 Å². The number of nitrogens with zero attached hydrogens (tertiary/aromatic N) is 2. The molecule has 4 nitrogen and oxygen atoms in total. The van der Waals surface area contributed by atoms with Crippen LogP contribution in [0.3, 0.4) is 0 Å². The fourth-order valence-corrected chi connectivity index (χ4v) is 2.30. The summed E-state index contributed by atoms with van der Waals surface area (Å²) in [5.41, 5.74) is 5.72. The van der Waals surface area contributed by atoms with Gasteiger partial charge in [0, 0.05) is 38.1 Å². The summed E-state index contributed by atoms with van der Waals surface area (Å²) in [6.45, 7) is 7.38. The van der Waals surface area contributed by atoms with Gasteiger partial charge in [0.25, 0.3) is 0 Å². The zero-order chi connectivity index (χ0) is 12.1. The van der Waals surface area contributed by atoms with Crippen molar-refractivity contribution in [2.75, 3.05) is 33.2 Å². The van der Waals surface area contributed by atoms with E-state index in [1.165, 1.54) is 0 Å². The summed E-state index contributed by atoms with van der Waals surface area (Å²) in [4.78, 5) is 16.4. The first-order valence-electron chi connectivity index (χ1n) is 6.33. The maximum Gasteiger partial charge on any atom is 0.225 e. The quantitative estimate of drug-likeness (QED) is 0.762. The molecule has 2 N–H and O–H groups in total. The number of hydrogen-bond acceptors (Lipinski definition) is 3. The Kier molecular flexibility index (Phi) is 5.22. The summed E-state index contributed by atoms with van der Waals surface area (Å²) in [6, 6.07) is 0.326. The predicted octanol–water partition coefficient (Wildman–Crippen LogP) is 0.524. The highest BCUT2D eigenvalue weighted by molar-refractivity contribution is 5.78. The fraction of sp³-hybridized carbons (Fsp3) is 0.917. The molecule has 0 bridgehead atoms. The Morgan fingerprint density at radius 2 is 2.00 bits per heavy atom. The van der Waals surface area contributed by atoms with Gasteiger partial charge in [-0.2, -0.15) is 0 Å². The first kappa shape index (κ1) is 13.5. The van der Waals surface area contributed by atoms with E-state index in [9.17, 15) is 4.79 Å². The van der Waals surface area contributed by atoms with Crippen LogP contribution in [0, 0.1) is 5.92 Å². The third-order valence-electron chi connectivity index (χ3n) is 3.70. The predicted molar refractivity (Wildman–Crippen MR) is 66.1 cm³/mol. The van der Waals surface area contributed by atoms with E-state index < -0.39 is 0 Å². The van der Waals surface area contributed by atoms with Crippen molar-refractivity contribution < 1.29 is 4.79 Å². The summed E-state index contributed by atoms with van der Waals surface area (Å²) in [7, 11) is 2.08. The molecule has 0 aliphatic carbocycles. The standard InChI is InChI=1S/C12H25N3O/c1-4-10(5-2)12(16)15-7-6-14(3)11(8-13)9-15/h10-11H,4-9,13H2,1-3H3. The lowest BCUT2D eigenvalue weighted by Crippen LogP contribution is -2.56. The summed E-state index contributed by atoms with van der Waals surface area (Å²) >= 11 is 0. The Bertz CT molecular complexity index is 228. The first-order valence-corrected chi connectivity index (χ1v) is 6.33. The number of nitrogens with two attached hydrogens (primary N) is 1. The summed E-state index contributed by atoms with van der Waals surface area (Å²) in [5.74, 6) is 0.512. The summed E-state index contributed by atoms with van der Waals surface area (Å²) in [6.07, 6.45) is 1.88. The minimum atomic E-state index is 0.196. The van der Waals surface area contributed by atoms with Crippen molar-refractivity contribution in [3.05, 3.63) is 0 Å². The largest absolute Gasteiger partial charge is 0.340 e. The van der Waals surface area contributed by atoms with Crippen LogP contribution in [0.5, 0.6) is 0 Å². The molecule has 1 aliphatic rings. The van der Waals surface area contributed by atoms with Crippen LogP contribution in [0.1, 0.15) is 26.7 Å². The van der Waals surface area contributed by atoms with Crippen molar-refractivity contribution in [1.29, 1.82) is 0 Å². The van der Waals surface area contributed by atoms with E-state index in [1.807, 2.05) is 4.90 Å². The molecular weight excluding hydrogens is 202 g/mol. The Labute approximate surface area is 98.8 Å². The number of piperazine rings is 1. The molecule has 0 spiro atoms. The van der Waals surface area contributed by atoms with Crippen LogP contribution in [-0.4, -0.2) is 55.0 Å². The second-order valence-corrected chi connectivity index (χ2v) is 4.67. The van der Waals surface area contributed by atoms with Crippen LogP contribution in [0.15, 0.2) is 0 Å². The molecule has 1 saturated heterocycles. The van der Waals surface area contributed by atoms with Crippen molar-refractivity contribution in [2.24, 2.45) is 11.7 Å². The Morgan fingerprint density at radius 3 is 2.50 bits per heavy atom. The van der Waals surface area contributed by atoms with Gasteiger partial charge < -0.3 is 10.6 Å². The maximum absolute atomic E-state index is 12.2. The van der Waals surface area contributed by atoms with Gasteiger partial charge in [-0.3, -0.25) is 9.69 Å². The highest BCUT2D eigenvalue weighted by atomic mass is 16.2. The van der Waals surface area contributed by atoms with Gasteiger partial charge in [0.1, 0.15) is 0 Å². The van der Waals surface area contributed by atoms with Crippen LogP contribution in [0.4, 0.5) is 0 Å². The van der Waals surface area contributed by atoms with Gasteiger partial charge in [-0.15, -0.1) is 0 Å². The van der Waals surface area contributed by atoms with E-state index in [2.05, 4.69) is 25.8 Å². The monoisotopic (exact) mass is 227 g/mol. The molecule has 94 valence electrons. The normalized spacial score (nSPS) is 22.8. The number of carbonyl (C=O) groups excluding carboxylic acids is 1. The van der Waals surface area contributed by atoms with Crippen molar-refractivity contribution in [3.63, 3.8) is 0 Å². The zero-order valence-electron chi connectivity index (χ0n) is 10.8. The van der Waals surface area contributed by atoms with Gasteiger partial charge in [-0.1, -0.05) is 13.8 Å². The van der Waals surface area contributed by atoms with Crippen molar-refractivity contribution >= 4 is 5.91 Å². The van der Waals surface area contributed by atoms with E-state index in [0.717, 1.165) is 32.5 Å². The van der Waals surface area contributed by atoms with Crippen molar-refractivity contribution in [2.45, 2.75) is 32.7 Å². The lowest BCUT2D eigenvalue weighted by molar-refractivity contribution is -0.138. The van der Waals surface area contributed by atoms with Gasteiger partial charge in [-0.05, 0) is 19.9 Å². The third kappa shape index (κ3) is 2.95. The molecule has 0 aromatic rings. The molecule has 0 aromatic heterocycles. The molecular formula is C12H25N3O. The Balaban J connectivity index is 2.57. The molecule has 16 heavy (non-hydrogen) atoms. The number of amides is 1. The van der Waals surface area contributed by atoms with Crippen molar-refractivity contribution in [3.8, 4) is 0 Å². The number of rotatable bonds is 4. The molecule has 0 radical (unpaired) electrons. The smallest absolute Gasteiger partial charge is 0.225 e. The molecule has 1 aliphatic heterocycles. The summed E-state index contributed by atoms with van der Waals surface area (Å²) < 4.78 is 0. The SMILES string of the molecule is CCC(CC)C(=O)N1CCN(C)C(CN)C1. The maximum atomic E-state index is 12.2. The van der Waals surface area contributed by atoms with Crippen LogP contribution < -0.4 is 5.73 Å². The van der Waals surface area contributed by atoms with E-state index in [-0.39, 0.29) is 5.92 Å². The lowest BCUT2D eigenvalue weighted by Gasteiger charge is -2.40. The van der Waals surface area contributed by atoms with Crippen molar-refractivity contribution in [1.82, 2.24) is 9.80 Å². The Morgan fingerprint density at radius 1 is 1.38 bits per heavy atom. The molecule has 1 fully saturated rings. The highest BCUT2D eigenvalue weighted by Gasteiger charge is 2.28. The number of carbonyl (C=O) groups is 1. The van der Waals surface area contributed by atoms with Gasteiger partial charge >= 0.3 is 0 Å². The molecule has 4 heteroatoms. The zero-order valence-corrected chi connectivity index (χ0v) is 10.8. The van der Waals surface area contributed by atoms with E-state index in [4.69, 9.17) is 5.73 Å². The minimum absolute atomic E-state index is 0.196. The minimum Gasteiger partial charge on any atom is -0.340 e. The highest BCUT2D eigenvalue weighted by Crippen LogP contribution is 2.15. The van der Waals surface area contributed by atoms with Crippen LogP contribution in [0.2, 0.25) is 0 Å². The molecule has 1 unspecified atom stereocenters. The number of likely N-dealkylation sites (N-methyl/N-ethyl adjacent to an activating group) is 1. The van der Waals surface area contributed by atoms with Crippen LogP contribution in [-0.2, 0) is 4.79 Å². The summed E-state index contributed by atoms with van der Waals surface area (Å²) in [5, 5.41) is 0. The molecule has 1 rings (SSSR count). The van der Waals surface area contributed by atoms with E-state index in [0.29, 0.717) is 18.5 Å². The van der Waals surface area contributed by atoms with Gasteiger partial charge in [0.2, 0.25) is 5.91 Å². The molecule has 1 atom stereocenters. The third-order valence-corrected chi connectivity index (χ3v) is 3.70. The molecule has 1 amide bonds. The van der Waals surface area contributed by atoms with Crippen LogP contribution >= 0.6 is 0 Å². The molecule has 1 heterocycles. The Hall–Kier alpha value is -0.610.